The van der Waals surface area contributed by atoms with Crippen molar-refractivity contribution < 1.29 is 9.47 Å². The van der Waals surface area contributed by atoms with Crippen LogP contribution in [0.15, 0.2) is 36.9 Å². The highest BCUT2D eigenvalue weighted by molar-refractivity contribution is 6.30. The number of aromatic nitrogens is 4. The van der Waals surface area contributed by atoms with E-state index in [1.807, 2.05) is 35.1 Å². The van der Waals surface area contributed by atoms with Crippen LogP contribution in [0.5, 0.6) is 5.75 Å². The lowest BCUT2D eigenvalue weighted by atomic mass is 10.2. The van der Waals surface area contributed by atoms with Crippen LogP contribution in [0.1, 0.15) is 5.69 Å². The monoisotopic (exact) mass is 333 g/mol. The Balaban J connectivity index is 1.47. The third kappa shape index (κ3) is 3.03. The second kappa shape index (κ2) is 5.84. The van der Waals surface area contributed by atoms with E-state index in [4.69, 9.17) is 26.8 Å². The maximum Gasteiger partial charge on any atom is 0.157 e. The molecule has 1 aliphatic heterocycles. The molecule has 0 aliphatic carbocycles. The maximum atomic E-state index is 5.98. The summed E-state index contributed by atoms with van der Waals surface area (Å²) in [7, 11) is 0. The van der Waals surface area contributed by atoms with Gasteiger partial charge in [-0.15, -0.1) is 0 Å². The lowest BCUT2D eigenvalue weighted by molar-refractivity contribution is 0.140. The first-order valence-electron chi connectivity index (χ1n) is 7.33. The average molecular weight is 334 g/mol. The van der Waals surface area contributed by atoms with E-state index < -0.39 is 0 Å². The fourth-order valence-corrected chi connectivity index (χ4v) is 2.77. The molecule has 0 bridgehead atoms. The van der Waals surface area contributed by atoms with Crippen LogP contribution in [0.4, 0.5) is 0 Å². The molecule has 0 aromatic carbocycles. The zero-order chi connectivity index (χ0) is 15.8. The smallest absolute Gasteiger partial charge is 0.157 e. The quantitative estimate of drug-likeness (QED) is 0.779. The number of hydrogen-bond acceptors (Lipinski definition) is 5. The summed E-state index contributed by atoms with van der Waals surface area (Å²) in [5, 5.41) is 4.97. The fourth-order valence-electron chi connectivity index (χ4n) is 2.60. The van der Waals surface area contributed by atoms with Crippen molar-refractivity contribution in [1.82, 2.24) is 19.2 Å². The Hall–Kier alpha value is -2.09. The summed E-state index contributed by atoms with van der Waals surface area (Å²) in [6, 6.07) is 3.60. The van der Waals surface area contributed by atoms with Crippen LogP contribution in [0.25, 0.3) is 5.65 Å². The summed E-state index contributed by atoms with van der Waals surface area (Å²) < 4.78 is 14.8. The third-order valence-corrected chi connectivity index (χ3v) is 3.98. The topological polar surface area (TPSA) is 79.6 Å². The van der Waals surface area contributed by atoms with Crippen LogP contribution in [0, 0.1) is 0 Å². The van der Waals surface area contributed by atoms with Crippen molar-refractivity contribution in [2.45, 2.75) is 18.7 Å². The highest BCUT2D eigenvalue weighted by Gasteiger charge is 2.26. The minimum absolute atomic E-state index is 0.0958. The van der Waals surface area contributed by atoms with Crippen molar-refractivity contribution in [1.29, 1.82) is 0 Å². The molecule has 0 spiro atoms. The number of ether oxygens (including phenoxy) is 2. The third-order valence-electron chi connectivity index (χ3n) is 3.76. The van der Waals surface area contributed by atoms with E-state index in [0.717, 1.165) is 11.3 Å². The molecule has 0 amide bonds. The molecule has 3 aromatic rings. The second-order valence-corrected chi connectivity index (χ2v) is 6.01. The highest BCUT2D eigenvalue weighted by Crippen LogP contribution is 2.17. The molecule has 3 aromatic heterocycles. The lowest BCUT2D eigenvalue weighted by Gasteiger charge is -2.13. The molecule has 7 nitrogen and oxygen atoms in total. The van der Waals surface area contributed by atoms with Gasteiger partial charge in [0.25, 0.3) is 0 Å². The van der Waals surface area contributed by atoms with E-state index in [9.17, 15) is 0 Å². The van der Waals surface area contributed by atoms with Gasteiger partial charge in [0.2, 0.25) is 0 Å². The van der Waals surface area contributed by atoms with Crippen molar-refractivity contribution in [2.24, 2.45) is 5.73 Å². The van der Waals surface area contributed by atoms with Gasteiger partial charge in [0, 0.05) is 12.4 Å². The van der Waals surface area contributed by atoms with E-state index in [0.29, 0.717) is 30.5 Å². The molecule has 4 heterocycles. The van der Waals surface area contributed by atoms with Gasteiger partial charge in [-0.1, -0.05) is 11.6 Å². The molecule has 4 rings (SSSR count). The SMILES string of the molecule is N[C@H]1COC[C@H]1Oc1cnn(Cc2cn3cc(Cl)ccc3n2)c1. The number of rotatable bonds is 4. The summed E-state index contributed by atoms with van der Waals surface area (Å²) in [4.78, 5) is 4.54. The zero-order valence-corrected chi connectivity index (χ0v) is 13.1. The minimum Gasteiger partial charge on any atom is -0.483 e. The Labute approximate surface area is 137 Å². The van der Waals surface area contributed by atoms with Crippen LogP contribution in [-0.2, 0) is 11.3 Å². The maximum absolute atomic E-state index is 5.98. The largest absolute Gasteiger partial charge is 0.483 e. The average Bonchev–Trinajstić information content (AvgIpc) is 3.21. The van der Waals surface area contributed by atoms with E-state index in [1.54, 1.807) is 10.9 Å². The van der Waals surface area contributed by atoms with E-state index >= 15 is 0 Å². The fraction of sp³-hybridized carbons (Fsp3) is 0.333. The molecule has 23 heavy (non-hydrogen) atoms. The summed E-state index contributed by atoms with van der Waals surface area (Å²) in [5.74, 6) is 0.683. The summed E-state index contributed by atoms with van der Waals surface area (Å²) >= 11 is 5.98. The lowest BCUT2D eigenvalue weighted by Crippen LogP contribution is -2.37. The van der Waals surface area contributed by atoms with Gasteiger partial charge >= 0.3 is 0 Å². The Morgan fingerprint density at radius 2 is 2.22 bits per heavy atom. The molecule has 2 N–H and O–H groups in total. The summed E-state index contributed by atoms with van der Waals surface area (Å²) in [6.07, 6.45) is 7.15. The highest BCUT2D eigenvalue weighted by atomic mass is 35.5. The van der Waals surface area contributed by atoms with E-state index in [2.05, 4.69) is 10.1 Å². The van der Waals surface area contributed by atoms with Crippen LogP contribution in [0.2, 0.25) is 5.02 Å². The molecule has 1 saturated heterocycles. The molecule has 0 radical (unpaired) electrons. The Bertz CT molecular complexity index is 830. The molecule has 0 unspecified atom stereocenters. The second-order valence-electron chi connectivity index (χ2n) is 5.58. The summed E-state index contributed by atoms with van der Waals surface area (Å²) in [6.45, 7) is 1.60. The molecular weight excluding hydrogens is 318 g/mol. The van der Waals surface area contributed by atoms with Crippen LogP contribution in [0.3, 0.4) is 0 Å². The van der Waals surface area contributed by atoms with Gasteiger partial charge in [-0.25, -0.2) is 4.98 Å². The predicted octanol–water partition coefficient (Wildman–Crippen LogP) is 1.34. The number of hydrogen-bond donors (Lipinski definition) is 1. The van der Waals surface area contributed by atoms with E-state index in [-0.39, 0.29) is 12.1 Å². The van der Waals surface area contributed by atoms with Crippen LogP contribution >= 0.6 is 11.6 Å². The molecule has 1 aliphatic rings. The first-order chi connectivity index (χ1) is 11.2. The molecular formula is C15H16ClN5O2. The van der Waals surface area contributed by atoms with Crippen LogP contribution < -0.4 is 10.5 Å². The Morgan fingerprint density at radius 3 is 3.04 bits per heavy atom. The van der Waals surface area contributed by atoms with Gasteiger partial charge in [0.1, 0.15) is 11.8 Å². The van der Waals surface area contributed by atoms with Gasteiger partial charge < -0.3 is 19.6 Å². The number of nitrogens with two attached hydrogens (primary N) is 1. The first kappa shape index (κ1) is 14.5. The van der Waals surface area contributed by atoms with Gasteiger partial charge in [-0.2, -0.15) is 5.10 Å². The molecule has 2 atom stereocenters. The van der Waals surface area contributed by atoms with Gasteiger partial charge in [-0.3, -0.25) is 4.68 Å². The van der Waals surface area contributed by atoms with Crippen molar-refractivity contribution in [3.63, 3.8) is 0 Å². The van der Waals surface area contributed by atoms with Crippen LogP contribution in [-0.4, -0.2) is 44.5 Å². The number of nitrogens with zero attached hydrogens (tertiary/aromatic N) is 4. The van der Waals surface area contributed by atoms with Gasteiger partial charge in [0.15, 0.2) is 5.75 Å². The number of fused-ring (bicyclic) bond motifs is 1. The van der Waals surface area contributed by atoms with Crippen molar-refractivity contribution in [3.05, 3.63) is 47.6 Å². The van der Waals surface area contributed by atoms with E-state index in [1.165, 1.54) is 0 Å². The number of pyridine rings is 1. The molecule has 120 valence electrons. The normalized spacial score (nSPS) is 21.1. The van der Waals surface area contributed by atoms with Gasteiger partial charge in [0.05, 0.1) is 48.9 Å². The minimum atomic E-state index is -0.120. The first-order valence-corrected chi connectivity index (χ1v) is 7.71. The van der Waals surface area contributed by atoms with Crippen molar-refractivity contribution >= 4 is 17.2 Å². The van der Waals surface area contributed by atoms with Crippen molar-refractivity contribution in [2.75, 3.05) is 13.2 Å². The van der Waals surface area contributed by atoms with Crippen molar-refractivity contribution in [3.8, 4) is 5.75 Å². The Kier molecular flexibility index (Phi) is 3.68. The molecule has 8 heteroatoms. The zero-order valence-electron chi connectivity index (χ0n) is 12.3. The summed E-state index contributed by atoms with van der Waals surface area (Å²) in [5.41, 5.74) is 7.65. The predicted molar refractivity (Wildman–Crippen MR) is 84.7 cm³/mol. The van der Waals surface area contributed by atoms with Gasteiger partial charge in [-0.05, 0) is 12.1 Å². The number of halogens is 1. The molecule has 0 saturated carbocycles. The standard InChI is InChI=1S/C15H16ClN5O2/c16-10-1-2-15-19-11(5-20(15)4-10)6-21-7-12(3-18-21)23-14-9-22-8-13(14)17/h1-5,7,13-14H,6,8-9,17H2/t13-,14+/m0/s1. The Morgan fingerprint density at radius 1 is 1.30 bits per heavy atom. The number of imidazole rings is 1. The molecule has 1 fully saturated rings.